The van der Waals surface area contributed by atoms with E-state index in [9.17, 15) is 0 Å². The second kappa shape index (κ2) is 5.60. The maximum Gasteiger partial charge on any atom is 0.139 e. The molecule has 1 N–H and O–H groups in total. The molecule has 2 aromatic heterocycles. The Morgan fingerprint density at radius 1 is 1.09 bits per heavy atom. The number of imidazole rings is 1. The minimum Gasteiger partial charge on any atom is -0.365 e. The van der Waals surface area contributed by atoms with E-state index in [2.05, 4.69) is 56.5 Å². The van der Waals surface area contributed by atoms with Crippen LogP contribution < -0.4 is 5.32 Å². The highest BCUT2D eigenvalue weighted by atomic mass is 15.2. The smallest absolute Gasteiger partial charge is 0.139 e. The number of anilines is 1. The van der Waals surface area contributed by atoms with Gasteiger partial charge in [-0.3, -0.25) is 4.40 Å². The molecule has 1 saturated carbocycles. The summed E-state index contributed by atoms with van der Waals surface area (Å²) < 4.78 is 2.31. The summed E-state index contributed by atoms with van der Waals surface area (Å²) in [6, 6.07) is 4.44. The fourth-order valence-electron chi connectivity index (χ4n) is 3.68. The molecule has 0 unspecified atom stereocenters. The summed E-state index contributed by atoms with van der Waals surface area (Å²) in [5, 5.41) is 3.73. The fourth-order valence-corrected chi connectivity index (χ4v) is 3.68. The second-order valence-electron chi connectivity index (χ2n) is 7.92. The normalized spacial score (nSPS) is 17.1. The second-order valence-corrected chi connectivity index (χ2v) is 7.92. The van der Waals surface area contributed by atoms with E-state index >= 15 is 0 Å². The van der Waals surface area contributed by atoms with E-state index in [0.717, 1.165) is 5.65 Å². The molecule has 3 heteroatoms. The van der Waals surface area contributed by atoms with Gasteiger partial charge in [0.15, 0.2) is 0 Å². The predicted octanol–water partition coefficient (Wildman–Crippen LogP) is 5.21. The van der Waals surface area contributed by atoms with E-state index in [1.165, 1.54) is 54.9 Å². The Morgan fingerprint density at radius 3 is 2.41 bits per heavy atom. The van der Waals surface area contributed by atoms with Gasteiger partial charge in [0.25, 0.3) is 0 Å². The first-order chi connectivity index (χ1) is 10.3. The summed E-state index contributed by atoms with van der Waals surface area (Å²) in [6.07, 6.45) is 6.61. The summed E-state index contributed by atoms with van der Waals surface area (Å²) in [6.45, 7) is 11.0. The summed E-state index contributed by atoms with van der Waals surface area (Å²) in [5.74, 6) is 1.82. The van der Waals surface area contributed by atoms with Gasteiger partial charge in [-0.05, 0) is 65.2 Å². The molecule has 1 fully saturated rings. The van der Waals surface area contributed by atoms with Gasteiger partial charge in [-0.2, -0.15) is 0 Å². The lowest BCUT2D eigenvalue weighted by molar-refractivity contribution is 0.438. The number of pyridine rings is 1. The van der Waals surface area contributed by atoms with Crippen molar-refractivity contribution < 1.29 is 0 Å². The molecule has 0 radical (unpaired) electrons. The lowest BCUT2D eigenvalue weighted by Gasteiger charge is -2.26. The first-order valence-corrected chi connectivity index (χ1v) is 8.63. The number of hydrogen-bond donors (Lipinski definition) is 1. The van der Waals surface area contributed by atoms with Crippen molar-refractivity contribution in [2.24, 2.45) is 0 Å². The third-order valence-corrected chi connectivity index (χ3v) is 4.56. The molecule has 3 nitrogen and oxygen atoms in total. The van der Waals surface area contributed by atoms with E-state index < -0.39 is 0 Å². The van der Waals surface area contributed by atoms with Crippen molar-refractivity contribution in [1.29, 1.82) is 0 Å². The zero-order chi connectivity index (χ0) is 15.9. The average molecular weight is 299 g/mol. The van der Waals surface area contributed by atoms with Crippen molar-refractivity contribution in [2.75, 3.05) is 5.32 Å². The number of hydrogen-bond acceptors (Lipinski definition) is 2. The molecule has 0 spiro atoms. The Labute approximate surface area is 134 Å². The van der Waals surface area contributed by atoms with Crippen molar-refractivity contribution in [3.63, 3.8) is 0 Å². The highest BCUT2D eigenvalue weighted by molar-refractivity contribution is 5.59. The Morgan fingerprint density at radius 2 is 1.77 bits per heavy atom. The quantitative estimate of drug-likeness (QED) is 0.825. The van der Waals surface area contributed by atoms with Crippen molar-refractivity contribution in [1.82, 2.24) is 9.38 Å². The number of nitrogens with zero attached hydrogens (tertiary/aromatic N) is 2. The van der Waals surface area contributed by atoms with Crippen LogP contribution in [0, 0.1) is 13.8 Å². The third kappa shape index (κ3) is 2.99. The molecule has 0 aliphatic heterocycles. The Kier molecular flexibility index (Phi) is 3.92. The molecule has 3 rings (SSSR count). The minimum atomic E-state index is 0.0384. The Bertz CT molecular complexity index is 670. The van der Waals surface area contributed by atoms with Gasteiger partial charge < -0.3 is 5.32 Å². The van der Waals surface area contributed by atoms with Gasteiger partial charge in [0.05, 0.1) is 5.69 Å². The zero-order valence-corrected chi connectivity index (χ0v) is 14.7. The van der Waals surface area contributed by atoms with Gasteiger partial charge in [-0.1, -0.05) is 19.3 Å². The van der Waals surface area contributed by atoms with E-state index in [1.807, 2.05) is 0 Å². The maximum absolute atomic E-state index is 5.04. The number of nitrogens with one attached hydrogen (secondary N) is 1. The fraction of sp³-hybridized carbons (Fsp3) is 0.632. The molecule has 0 aromatic carbocycles. The number of aryl methyl sites for hydroxylation is 2. The SMILES string of the molecule is Cc1cc(C)n2c(NC(C)(C)C)c(C3CCCCC3)nc2c1. The van der Waals surface area contributed by atoms with Crippen LogP contribution in [-0.2, 0) is 0 Å². The molecule has 120 valence electrons. The minimum absolute atomic E-state index is 0.0384. The van der Waals surface area contributed by atoms with Gasteiger partial charge >= 0.3 is 0 Å². The first kappa shape index (κ1) is 15.4. The molecule has 0 atom stereocenters. The summed E-state index contributed by atoms with van der Waals surface area (Å²) in [7, 11) is 0. The lowest BCUT2D eigenvalue weighted by Crippen LogP contribution is -2.28. The predicted molar refractivity (Wildman–Crippen MR) is 93.9 cm³/mol. The summed E-state index contributed by atoms with van der Waals surface area (Å²) >= 11 is 0. The number of fused-ring (bicyclic) bond motifs is 1. The molecule has 0 bridgehead atoms. The molecule has 0 amide bonds. The van der Waals surface area contributed by atoms with Crippen molar-refractivity contribution in [3.8, 4) is 0 Å². The van der Waals surface area contributed by atoms with E-state index in [1.54, 1.807) is 0 Å². The summed E-state index contributed by atoms with van der Waals surface area (Å²) in [4.78, 5) is 5.04. The van der Waals surface area contributed by atoms with Crippen LogP contribution in [0.1, 0.15) is 75.7 Å². The van der Waals surface area contributed by atoms with E-state index in [-0.39, 0.29) is 5.54 Å². The first-order valence-electron chi connectivity index (χ1n) is 8.63. The molecule has 1 aliphatic rings. The van der Waals surface area contributed by atoms with Gasteiger partial charge in [-0.15, -0.1) is 0 Å². The highest BCUT2D eigenvalue weighted by Crippen LogP contribution is 2.37. The van der Waals surface area contributed by atoms with Crippen LogP contribution in [0.3, 0.4) is 0 Å². The molecule has 0 saturated heterocycles. The van der Waals surface area contributed by atoms with Crippen LogP contribution in [0.4, 0.5) is 5.82 Å². The van der Waals surface area contributed by atoms with Crippen LogP contribution in [-0.4, -0.2) is 14.9 Å². The molecular weight excluding hydrogens is 270 g/mol. The van der Waals surface area contributed by atoms with Crippen LogP contribution >= 0.6 is 0 Å². The Hall–Kier alpha value is -1.51. The van der Waals surface area contributed by atoms with Gasteiger partial charge in [0.2, 0.25) is 0 Å². The van der Waals surface area contributed by atoms with Crippen LogP contribution in [0.25, 0.3) is 5.65 Å². The number of aromatic nitrogens is 2. The standard InChI is InChI=1S/C19H29N3/c1-13-11-14(2)22-16(12-13)20-17(15-9-7-6-8-10-15)18(22)21-19(3,4)5/h11-12,15,21H,6-10H2,1-5H3. The molecule has 1 aliphatic carbocycles. The monoisotopic (exact) mass is 299 g/mol. The molecule has 22 heavy (non-hydrogen) atoms. The van der Waals surface area contributed by atoms with E-state index in [0.29, 0.717) is 5.92 Å². The average Bonchev–Trinajstić information content (AvgIpc) is 2.76. The van der Waals surface area contributed by atoms with Crippen molar-refractivity contribution in [3.05, 3.63) is 29.1 Å². The van der Waals surface area contributed by atoms with Crippen LogP contribution in [0.2, 0.25) is 0 Å². The molecular formula is C19H29N3. The summed E-state index contributed by atoms with van der Waals surface area (Å²) in [5.41, 5.74) is 4.95. The largest absolute Gasteiger partial charge is 0.365 e. The molecule has 2 aromatic rings. The van der Waals surface area contributed by atoms with Crippen LogP contribution in [0.5, 0.6) is 0 Å². The van der Waals surface area contributed by atoms with Crippen LogP contribution in [0.15, 0.2) is 12.1 Å². The Balaban J connectivity index is 2.16. The topological polar surface area (TPSA) is 29.3 Å². The van der Waals surface area contributed by atoms with Gasteiger partial charge in [0.1, 0.15) is 11.5 Å². The van der Waals surface area contributed by atoms with Gasteiger partial charge in [0, 0.05) is 17.2 Å². The number of rotatable bonds is 2. The van der Waals surface area contributed by atoms with Crippen molar-refractivity contribution >= 4 is 11.5 Å². The zero-order valence-electron chi connectivity index (χ0n) is 14.7. The third-order valence-electron chi connectivity index (χ3n) is 4.56. The van der Waals surface area contributed by atoms with E-state index in [4.69, 9.17) is 4.98 Å². The van der Waals surface area contributed by atoms with Gasteiger partial charge in [-0.25, -0.2) is 4.98 Å². The highest BCUT2D eigenvalue weighted by Gasteiger charge is 2.26. The maximum atomic E-state index is 5.04. The van der Waals surface area contributed by atoms with Crippen molar-refractivity contribution in [2.45, 2.75) is 78.2 Å². The lowest BCUT2D eigenvalue weighted by atomic mass is 9.87. The molecule has 2 heterocycles.